The molecule has 0 saturated carbocycles. The number of aliphatic hydroxyl groups is 1. The third kappa shape index (κ3) is 4.24. The molecule has 0 bridgehead atoms. The summed E-state index contributed by atoms with van der Waals surface area (Å²) in [5.74, 6) is 1.38. The van der Waals surface area contributed by atoms with E-state index in [4.69, 9.17) is 10.5 Å². The Labute approximate surface area is 203 Å². The van der Waals surface area contributed by atoms with Crippen LogP contribution in [-0.2, 0) is 13.0 Å². The Morgan fingerprint density at radius 1 is 1.21 bits per heavy atom. The van der Waals surface area contributed by atoms with Gasteiger partial charge < -0.3 is 20.9 Å². The summed E-state index contributed by atoms with van der Waals surface area (Å²) in [5, 5.41) is 18.7. The Hall–Kier alpha value is -2.72. The van der Waals surface area contributed by atoms with Crippen molar-refractivity contribution in [2.24, 2.45) is 0 Å². The summed E-state index contributed by atoms with van der Waals surface area (Å²) >= 11 is 1.72. The van der Waals surface area contributed by atoms with E-state index in [2.05, 4.69) is 45.4 Å². The average molecular weight is 481 g/mol. The number of anilines is 1. The number of benzene rings is 1. The topological polar surface area (TPSA) is 101 Å². The molecular formula is C25H32N6O2S. The first-order valence-corrected chi connectivity index (χ1v) is 12.7. The molecule has 4 aromatic rings. The molecule has 9 heteroatoms. The Morgan fingerprint density at radius 3 is 2.79 bits per heavy atom. The number of nitrogens with one attached hydrogen (secondary N) is 1. The van der Waals surface area contributed by atoms with E-state index in [-0.39, 0.29) is 6.61 Å². The number of nitrogens with two attached hydrogens (primary N) is 1. The molecule has 4 heterocycles. The maximum atomic E-state index is 9.45. The molecule has 4 N–H and O–H groups in total. The Balaban J connectivity index is 1.72. The van der Waals surface area contributed by atoms with Gasteiger partial charge in [0, 0.05) is 49.8 Å². The van der Waals surface area contributed by atoms with Crippen molar-refractivity contribution in [2.75, 3.05) is 45.6 Å². The molecule has 180 valence electrons. The summed E-state index contributed by atoms with van der Waals surface area (Å²) in [6.07, 6.45) is 4.06. The maximum Gasteiger partial charge on any atom is 0.152 e. The first kappa shape index (κ1) is 23.0. The standard InChI is InChI=1S/C25H32N6O2S/c1-16-11-17-13-21(34-24(17)20(12-16)33-2)22-18(5-3-4-10-32)19(14-30-8-6-27-7-9-30)31-23(22)25(26)28-15-29-31/h11-13,15,27,32H,3-10,14H2,1-2H3,(H2,26,28,29). The normalized spacial score (nSPS) is 14.9. The number of thiophene rings is 1. The number of unbranched alkanes of at least 4 members (excludes halogenated alkanes) is 1. The van der Waals surface area contributed by atoms with Gasteiger partial charge in [-0.1, -0.05) is 6.07 Å². The first-order valence-electron chi connectivity index (χ1n) is 11.9. The lowest BCUT2D eigenvalue weighted by Crippen LogP contribution is -2.43. The summed E-state index contributed by atoms with van der Waals surface area (Å²) in [6, 6.07) is 6.51. The molecule has 34 heavy (non-hydrogen) atoms. The second kappa shape index (κ2) is 9.87. The molecule has 5 rings (SSSR count). The largest absolute Gasteiger partial charge is 0.495 e. The van der Waals surface area contributed by atoms with E-state index >= 15 is 0 Å². The van der Waals surface area contributed by atoms with Crippen LogP contribution in [0, 0.1) is 6.92 Å². The van der Waals surface area contributed by atoms with E-state index in [0.717, 1.165) is 83.8 Å². The van der Waals surface area contributed by atoms with E-state index in [0.29, 0.717) is 5.82 Å². The summed E-state index contributed by atoms with van der Waals surface area (Å²) < 4.78 is 8.83. The van der Waals surface area contributed by atoms with Crippen LogP contribution in [0.4, 0.5) is 5.82 Å². The monoisotopic (exact) mass is 480 g/mol. The minimum absolute atomic E-state index is 0.192. The van der Waals surface area contributed by atoms with E-state index < -0.39 is 0 Å². The zero-order valence-electron chi connectivity index (χ0n) is 19.8. The Kier molecular flexibility index (Phi) is 6.69. The molecule has 0 unspecified atom stereocenters. The van der Waals surface area contributed by atoms with Crippen molar-refractivity contribution in [1.82, 2.24) is 24.8 Å². The van der Waals surface area contributed by atoms with Gasteiger partial charge in [0.15, 0.2) is 5.82 Å². The van der Waals surface area contributed by atoms with E-state index in [1.165, 1.54) is 16.8 Å². The van der Waals surface area contributed by atoms with Gasteiger partial charge in [0.1, 0.15) is 17.6 Å². The van der Waals surface area contributed by atoms with Gasteiger partial charge in [-0.15, -0.1) is 11.3 Å². The van der Waals surface area contributed by atoms with Gasteiger partial charge in [-0.05, 0) is 54.8 Å². The van der Waals surface area contributed by atoms with Crippen LogP contribution in [0.5, 0.6) is 5.75 Å². The van der Waals surface area contributed by atoms with E-state index in [9.17, 15) is 5.11 Å². The lowest BCUT2D eigenvalue weighted by Gasteiger charge is -2.27. The third-order valence-corrected chi connectivity index (χ3v) is 7.75. The highest BCUT2D eigenvalue weighted by Gasteiger charge is 2.26. The highest BCUT2D eigenvalue weighted by atomic mass is 32.1. The summed E-state index contributed by atoms with van der Waals surface area (Å²) in [5.41, 5.74) is 12.1. The lowest BCUT2D eigenvalue weighted by molar-refractivity contribution is 0.228. The van der Waals surface area contributed by atoms with Crippen LogP contribution in [0.25, 0.3) is 26.0 Å². The number of rotatable bonds is 8. The molecule has 8 nitrogen and oxygen atoms in total. The van der Waals surface area contributed by atoms with Gasteiger partial charge in [0.25, 0.3) is 0 Å². The number of nitrogen functional groups attached to an aromatic ring is 1. The zero-order valence-corrected chi connectivity index (χ0v) is 20.6. The van der Waals surface area contributed by atoms with Crippen LogP contribution >= 0.6 is 11.3 Å². The van der Waals surface area contributed by atoms with E-state index in [1.807, 2.05) is 4.52 Å². The van der Waals surface area contributed by atoms with E-state index in [1.54, 1.807) is 24.8 Å². The highest BCUT2D eigenvalue weighted by Crippen LogP contribution is 2.44. The van der Waals surface area contributed by atoms with Crippen LogP contribution < -0.4 is 15.8 Å². The van der Waals surface area contributed by atoms with Crippen molar-refractivity contribution in [2.45, 2.75) is 32.7 Å². The average Bonchev–Trinajstić information content (AvgIpc) is 3.39. The number of nitrogens with zero attached hydrogens (tertiary/aromatic N) is 4. The smallest absolute Gasteiger partial charge is 0.152 e. The van der Waals surface area contributed by atoms with Crippen molar-refractivity contribution >= 4 is 32.8 Å². The fourth-order valence-electron chi connectivity index (χ4n) is 4.95. The minimum atomic E-state index is 0.192. The number of fused-ring (bicyclic) bond motifs is 2. The molecule has 1 aliphatic heterocycles. The number of aliphatic hydroxyl groups excluding tert-OH is 1. The number of aryl methyl sites for hydroxylation is 1. The Bertz CT molecular complexity index is 1310. The fourth-order valence-corrected chi connectivity index (χ4v) is 6.16. The van der Waals surface area contributed by atoms with Crippen molar-refractivity contribution in [3.05, 3.63) is 41.3 Å². The molecule has 0 aliphatic carbocycles. The molecule has 1 saturated heterocycles. The van der Waals surface area contributed by atoms with Crippen LogP contribution in [0.1, 0.15) is 29.7 Å². The molecule has 0 atom stereocenters. The summed E-state index contributed by atoms with van der Waals surface area (Å²) in [6.45, 7) is 7.06. The molecule has 0 radical (unpaired) electrons. The van der Waals surface area contributed by atoms with Crippen LogP contribution in [-0.4, -0.2) is 64.5 Å². The van der Waals surface area contributed by atoms with Gasteiger partial charge >= 0.3 is 0 Å². The van der Waals surface area contributed by atoms with Gasteiger partial charge in [-0.25, -0.2) is 9.50 Å². The summed E-state index contributed by atoms with van der Waals surface area (Å²) in [7, 11) is 1.72. The zero-order chi connectivity index (χ0) is 23.7. The van der Waals surface area contributed by atoms with Crippen LogP contribution in [0.3, 0.4) is 0 Å². The van der Waals surface area contributed by atoms with Crippen molar-refractivity contribution < 1.29 is 9.84 Å². The lowest BCUT2D eigenvalue weighted by atomic mass is 10.0. The molecule has 0 amide bonds. The molecule has 1 fully saturated rings. The fraction of sp³-hybridized carbons (Fsp3) is 0.440. The number of methoxy groups -OCH3 is 1. The highest BCUT2D eigenvalue weighted by molar-refractivity contribution is 7.22. The van der Waals surface area contributed by atoms with Gasteiger partial charge in [0.05, 0.1) is 17.5 Å². The Morgan fingerprint density at radius 2 is 2.03 bits per heavy atom. The van der Waals surface area contributed by atoms with Crippen molar-refractivity contribution in [3.8, 4) is 16.2 Å². The quantitative estimate of drug-likeness (QED) is 0.333. The SMILES string of the molecule is COc1cc(C)cc2cc(-c3c(CCCCO)c(CN4CCNCC4)n4ncnc(N)c34)sc12. The maximum absolute atomic E-state index is 9.45. The van der Waals surface area contributed by atoms with Crippen LogP contribution in [0.2, 0.25) is 0 Å². The van der Waals surface area contributed by atoms with Gasteiger partial charge in [0.2, 0.25) is 0 Å². The summed E-state index contributed by atoms with van der Waals surface area (Å²) in [4.78, 5) is 7.96. The predicted octanol–water partition coefficient (Wildman–Crippen LogP) is 3.23. The number of aromatic nitrogens is 3. The number of hydrogen-bond donors (Lipinski definition) is 3. The minimum Gasteiger partial charge on any atom is -0.495 e. The molecule has 1 aliphatic rings. The van der Waals surface area contributed by atoms with Gasteiger partial charge in [-0.3, -0.25) is 4.90 Å². The van der Waals surface area contributed by atoms with Gasteiger partial charge in [-0.2, -0.15) is 5.10 Å². The predicted molar refractivity (Wildman–Crippen MR) is 138 cm³/mol. The third-order valence-electron chi connectivity index (χ3n) is 6.57. The number of hydrogen-bond acceptors (Lipinski definition) is 8. The molecule has 1 aromatic carbocycles. The second-order valence-corrected chi connectivity index (χ2v) is 9.96. The van der Waals surface area contributed by atoms with Crippen molar-refractivity contribution in [1.29, 1.82) is 0 Å². The molecular weight excluding hydrogens is 448 g/mol. The van der Waals surface area contributed by atoms with Crippen LogP contribution in [0.15, 0.2) is 24.5 Å². The second-order valence-electron chi connectivity index (χ2n) is 8.91. The number of piperazine rings is 1. The van der Waals surface area contributed by atoms with Crippen molar-refractivity contribution in [3.63, 3.8) is 0 Å². The molecule has 3 aromatic heterocycles. The first-order chi connectivity index (χ1) is 16.6. The number of ether oxygens (including phenoxy) is 1. The molecule has 0 spiro atoms.